The van der Waals surface area contributed by atoms with Crippen LogP contribution in [0.4, 0.5) is 16.3 Å². The van der Waals surface area contributed by atoms with Crippen LogP contribution in [0.15, 0.2) is 30.3 Å². The van der Waals surface area contributed by atoms with Crippen LogP contribution in [-0.2, 0) is 22.4 Å². The van der Waals surface area contributed by atoms with Crippen molar-refractivity contribution in [2.75, 3.05) is 31.0 Å². The van der Waals surface area contributed by atoms with E-state index in [4.69, 9.17) is 14.7 Å². The maximum atomic E-state index is 13.0. The highest BCUT2D eigenvalue weighted by molar-refractivity contribution is 5.96. The monoisotopic (exact) mass is 421 g/mol. The molecule has 31 heavy (non-hydrogen) atoms. The molecule has 1 aromatic carbocycles. The average molecular weight is 421 g/mol. The average Bonchev–Trinajstić information content (AvgIpc) is 3.19. The van der Waals surface area contributed by atoms with Gasteiger partial charge in [0.15, 0.2) is 0 Å². The van der Waals surface area contributed by atoms with Crippen molar-refractivity contribution in [2.24, 2.45) is 0 Å². The first kappa shape index (κ1) is 20.5. The Bertz CT molecular complexity index is 1060. The molecule has 3 heterocycles. The molecule has 160 valence electrons. The van der Waals surface area contributed by atoms with Gasteiger partial charge in [0.2, 0.25) is 11.8 Å². The fraction of sp³-hybridized carbons (Fsp3) is 0.364. The number of ether oxygens (including phenoxy) is 2. The number of aryl methyl sites for hydroxylation is 1. The summed E-state index contributed by atoms with van der Waals surface area (Å²) in [5.41, 5.74) is 3.45. The number of hydrogen-bond acceptors (Lipinski definition) is 7. The van der Waals surface area contributed by atoms with Gasteiger partial charge in [0.25, 0.3) is 0 Å². The number of anilines is 2. The van der Waals surface area contributed by atoms with Gasteiger partial charge in [-0.2, -0.15) is 10.2 Å². The molecule has 2 aliphatic heterocycles. The molecule has 0 aliphatic carbocycles. The van der Waals surface area contributed by atoms with Crippen LogP contribution in [0.3, 0.4) is 0 Å². The molecule has 1 fully saturated rings. The zero-order valence-electron chi connectivity index (χ0n) is 17.3. The summed E-state index contributed by atoms with van der Waals surface area (Å²) in [7, 11) is 3.39. The van der Waals surface area contributed by atoms with Gasteiger partial charge in [-0.3, -0.25) is 4.79 Å². The highest BCUT2D eigenvalue weighted by Gasteiger charge is 2.30. The van der Waals surface area contributed by atoms with Crippen LogP contribution in [0.25, 0.3) is 0 Å². The second-order valence-corrected chi connectivity index (χ2v) is 7.62. The Kier molecular flexibility index (Phi) is 5.62. The fourth-order valence-electron chi connectivity index (χ4n) is 4.04. The van der Waals surface area contributed by atoms with Crippen molar-refractivity contribution in [3.63, 3.8) is 0 Å². The topological polar surface area (TPSA) is 117 Å². The van der Waals surface area contributed by atoms with Gasteiger partial charge in [0.1, 0.15) is 18.5 Å². The molecule has 1 unspecified atom stereocenters. The number of nitrogens with one attached hydrogen (secondary N) is 2. The smallest absolute Gasteiger partial charge is 0.407 e. The van der Waals surface area contributed by atoms with Gasteiger partial charge in [-0.25, -0.2) is 4.79 Å². The van der Waals surface area contributed by atoms with Crippen LogP contribution >= 0.6 is 0 Å². The fourth-order valence-corrected chi connectivity index (χ4v) is 4.04. The summed E-state index contributed by atoms with van der Waals surface area (Å²) in [6.45, 7) is 0.297. The molecule has 2 amide bonds. The molecule has 4 rings (SSSR count). The van der Waals surface area contributed by atoms with E-state index >= 15 is 0 Å². The number of likely N-dealkylation sites (N-methyl/N-ethyl adjacent to an activating group) is 1. The molecule has 2 N–H and O–H groups in total. The van der Waals surface area contributed by atoms with Gasteiger partial charge in [-0.05, 0) is 48.7 Å². The van der Waals surface area contributed by atoms with Crippen LogP contribution in [-0.4, -0.2) is 49.8 Å². The molecule has 2 aliphatic rings. The normalized spacial score (nSPS) is 19.6. The third kappa shape index (κ3) is 4.23. The summed E-state index contributed by atoms with van der Waals surface area (Å²) in [5, 5.41) is 14.7. The maximum absolute atomic E-state index is 13.0. The molecule has 0 saturated carbocycles. The van der Waals surface area contributed by atoms with Crippen molar-refractivity contribution >= 4 is 23.5 Å². The van der Waals surface area contributed by atoms with E-state index in [1.165, 1.54) is 7.11 Å². The van der Waals surface area contributed by atoms with E-state index in [1.54, 1.807) is 12.1 Å². The highest BCUT2D eigenvalue weighted by atomic mass is 16.6. The number of nitrogens with zero attached hydrogens (tertiary/aromatic N) is 3. The standard InChI is InChI=1S/C22H23N5O4/c1-27-17-6-3-13(11-23)9-14(17)4-7-18(27)20(28)25-19-8-5-15(21(26-19)30-2)10-16-12-31-22(29)24-16/h3,5-6,8-9,16,18H,4,7,10,12H2,1-2H3,(H,24,29)(H,25,26,28)/t16-,18?/m0/s1. The van der Waals surface area contributed by atoms with Gasteiger partial charge in [-0.1, -0.05) is 0 Å². The number of fused-ring (bicyclic) bond motifs is 1. The van der Waals surface area contributed by atoms with Crippen LogP contribution in [0.2, 0.25) is 0 Å². The minimum Gasteiger partial charge on any atom is -0.481 e. The summed E-state index contributed by atoms with van der Waals surface area (Å²) in [4.78, 5) is 30.5. The third-order valence-corrected chi connectivity index (χ3v) is 5.63. The molecule has 0 radical (unpaired) electrons. The van der Waals surface area contributed by atoms with Gasteiger partial charge >= 0.3 is 6.09 Å². The molecule has 1 saturated heterocycles. The number of rotatable bonds is 5. The van der Waals surface area contributed by atoms with Crippen LogP contribution in [0.5, 0.6) is 5.88 Å². The number of carbonyl (C=O) groups is 2. The van der Waals surface area contributed by atoms with Crippen LogP contribution in [0, 0.1) is 11.3 Å². The minimum absolute atomic E-state index is 0.138. The first-order valence-corrected chi connectivity index (χ1v) is 10.0. The number of nitriles is 1. The van der Waals surface area contributed by atoms with Crippen LogP contribution < -0.4 is 20.3 Å². The van der Waals surface area contributed by atoms with E-state index < -0.39 is 6.09 Å². The third-order valence-electron chi connectivity index (χ3n) is 5.63. The van der Waals surface area contributed by atoms with E-state index in [2.05, 4.69) is 21.7 Å². The summed E-state index contributed by atoms with van der Waals surface area (Å²) in [6, 6.07) is 10.7. The Morgan fingerprint density at radius 1 is 1.42 bits per heavy atom. The van der Waals surface area contributed by atoms with E-state index in [1.807, 2.05) is 30.1 Å². The van der Waals surface area contributed by atoms with E-state index in [0.29, 0.717) is 36.7 Å². The molecule has 2 atom stereocenters. The molecular formula is C22H23N5O4. The number of methoxy groups -OCH3 is 1. The zero-order chi connectivity index (χ0) is 22.0. The second kappa shape index (κ2) is 8.52. The number of cyclic esters (lactones) is 1. The largest absolute Gasteiger partial charge is 0.481 e. The minimum atomic E-state index is -0.428. The van der Waals surface area contributed by atoms with Crippen molar-refractivity contribution in [1.82, 2.24) is 10.3 Å². The summed E-state index contributed by atoms with van der Waals surface area (Å²) in [6.07, 6.45) is 1.45. The van der Waals surface area contributed by atoms with Crippen molar-refractivity contribution < 1.29 is 19.1 Å². The SMILES string of the molecule is COc1nc(NC(=O)C2CCc3cc(C#N)ccc3N2C)ccc1C[C@H]1COC(=O)N1. The molecule has 1 aromatic heterocycles. The van der Waals surface area contributed by atoms with E-state index in [0.717, 1.165) is 23.2 Å². The predicted molar refractivity (Wildman–Crippen MR) is 113 cm³/mol. The summed E-state index contributed by atoms with van der Waals surface area (Å²) < 4.78 is 10.3. The van der Waals surface area contributed by atoms with Crippen LogP contribution in [0.1, 0.15) is 23.1 Å². The Labute approximate surface area is 180 Å². The lowest BCUT2D eigenvalue weighted by molar-refractivity contribution is -0.117. The molecule has 9 nitrogen and oxygen atoms in total. The van der Waals surface area contributed by atoms with Gasteiger partial charge in [-0.15, -0.1) is 0 Å². The van der Waals surface area contributed by atoms with Gasteiger partial charge in [0, 0.05) is 24.7 Å². The highest BCUT2D eigenvalue weighted by Crippen LogP contribution is 2.31. The van der Waals surface area contributed by atoms with Gasteiger partial charge < -0.3 is 25.0 Å². The Hall–Kier alpha value is -3.80. The first-order valence-electron chi connectivity index (χ1n) is 10.0. The number of hydrogen-bond donors (Lipinski definition) is 2. The quantitative estimate of drug-likeness (QED) is 0.758. The van der Waals surface area contributed by atoms with E-state index in [-0.39, 0.29) is 18.0 Å². The van der Waals surface area contributed by atoms with Gasteiger partial charge in [0.05, 0.1) is 24.8 Å². The summed E-state index contributed by atoms with van der Waals surface area (Å²) in [5.74, 6) is 0.637. The van der Waals surface area contributed by atoms with E-state index in [9.17, 15) is 9.59 Å². The Morgan fingerprint density at radius 2 is 2.26 bits per heavy atom. The number of benzene rings is 1. The first-order chi connectivity index (χ1) is 15.0. The lowest BCUT2D eigenvalue weighted by atomic mass is 9.94. The lowest BCUT2D eigenvalue weighted by Crippen LogP contribution is -2.45. The summed E-state index contributed by atoms with van der Waals surface area (Å²) >= 11 is 0. The number of carbonyl (C=O) groups excluding carboxylic acids is 2. The number of alkyl carbamates (subject to hydrolysis) is 1. The Morgan fingerprint density at radius 3 is 2.97 bits per heavy atom. The maximum Gasteiger partial charge on any atom is 0.407 e. The lowest BCUT2D eigenvalue weighted by Gasteiger charge is -2.35. The Balaban J connectivity index is 1.45. The number of amides is 2. The number of pyridine rings is 1. The van der Waals surface area contributed by atoms with Crippen molar-refractivity contribution in [3.8, 4) is 11.9 Å². The molecule has 2 aromatic rings. The molecular weight excluding hydrogens is 398 g/mol. The zero-order valence-corrected chi connectivity index (χ0v) is 17.3. The molecule has 0 bridgehead atoms. The molecule has 9 heteroatoms. The second-order valence-electron chi connectivity index (χ2n) is 7.62. The van der Waals surface area contributed by atoms with Crippen molar-refractivity contribution in [3.05, 3.63) is 47.0 Å². The molecule has 0 spiro atoms. The number of aromatic nitrogens is 1. The predicted octanol–water partition coefficient (Wildman–Crippen LogP) is 2.00. The van der Waals surface area contributed by atoms with Crippen molar-refractivity contribution in [1.29, 1.82) is 5.26 Å². The van der Waals surface area contributed by atoms with Crippen molar-refractivity contribution in [2.45, 2.75) is 31.3 Å².